The molecule has 0 bridgehead atoms. The van der Waals surface area contributed by atoms with E-state index in [1.165, 1.54) is 13.2 Å². The van der Waals surface area contributed by atoms with Gasteiger partial charge in [0.15, 0.2) is 6.29 Å². The molecule has 0 aliphatic carbocycles. The molecule has 0 spiro atoms. The van der Waals surface area contributed by atoms with Crippen LogP contribution in [0, 0.1) is 0 Å². The first-order chi connectivity index (χ1) is 8.77. The highest BCUT2D eigenvalue weighted by Crippen LogP contribution is 2.15. The summed E-state index contributed by atoms with van der Waals surface area (Å²) >= 11 is 0. The van der Waals surface area contributed by atoms with Crippen LogP contribution >= 0.6 is 0 Å². The highest BCUT2D eigenvalue weighted by Gasteiger charge is 1.98. The van der Waals surface area contributed by atoms with Crippen molar-refractivity contribution in [2.45, 2.75) is 0 Å². The van der Waals surface area contributed by atoms with Gasteiger partial charge in [0.2, 0.25) is 0 Å². The molecule has 1 rings (SSSR count). The number of para-hydroxylation sites is 1. The molecule has 0 saturated carbocycles. The van der Waals surface area contributed by atoms with Crippen molar-refractivity contribution >= 4 is 12.3 Å². The number of hydrogen-bond donors (Lipinski definition) is 0. The zero-order valence-corrected chi connectivity index (χ0v) is 10.0. The smallest absolute Gasteiger partial charge is 0.330 e. The van der Waals surface area contributed by atoms with Crippen LogP contribution in [0.1, 0.15) is 10.4 Å². The normalized spacial score (nSPS) is 10.7. The van der Waals surface area contributed by atoms with Crippen LogP contribution in [0.15, 0.2) is 48.6 Å². The number of carbonyl (C=O) groups excluding carboxylic acids is 2. The predicted octanol–water partition coefficient (Wildman–Crippen LogP) is 2.16. The van der Waals surface area contributed by atoms with Gasteiger partial charge in [-0.05, 0) is 18.2 Å². The molecule has 4 nitrogen and oxygen atoms in total. The second-order valence-electron chi connectivity index (χ2n) is 3.28. The molecule has 0 aliphatic rings. The van der Waals surface area contributed by atoms with E-state index in [2.05, 4.69) is 4.74 Å². The third-order valence-corrected chi connectivity index (χ3v) is 2.06. The number of methoxy groups -OCH3 is 1. The monoisotopic (exact) mass is 246 g/mol. The lowest BCUT2D eigenvalue weighted by Crippen LogP contribution is -1.96. The molecule has 1 aromatic carbocycles. The van der Waals surface area contributed by atoms with E-state index in [1.807, 2.05) is 0 Å². The maximum absolute atomic E-state index is 10.7. The lowest BCUT2D eigenvalue weighted by Gasteiger charge is -2.04. The van der Waals surface area contributed by atoms with E-state index in [1.54, 1.807) is 42.5 Å². The molecule has 0 heterocycles. The van der Waals surface area contributed by atoms with E-state index in [0.717, 1.165) is 6.29 Å². The van der Waals surface area contributed by atoms with Gasteiger partial charge in [-0.2, -0.15) is 0 Å². The van der Waals surface area contributed by atoms with Gasteiger partial charge in [0.1, 0.15) is 12.4 Å². The summed E-state index contributed by atoms with van der Waals surface area (Å²) in [6.07, 6.45) is 6.99. The number of ether oxygens (including phenoxy) is 2. The molecule has 4 heteroatoms. The molecule has 0 aromatic heterocycles. The second-order valence-corrected chi connectivity index (χ2v) is 3.28. The first-order valence-corrected chi connectivity index (χ1v) is 5.36. The number of rotatable bonds is 6. The minimum absolute atomic E-state index is 0.316. The SMILES string of the molecule is COC(=O)/C=C/C=C/COc1ccccc1C=O. The molecule has 0 N–H and O–H groups in total. The average Bonchev–Trinajstić information content (AvgIpc) is 2.42. The Morgan fingerprint density at radius 1 is 1.28 bits per heavy atom. The molecule has 0 atom stereocenters. The summed E-state index contributed by atoms with van der Waals surface area (Å²) in [5, 5.41) is 0. The predicted molar refractivity (Wildman–Crippen MR) is 67.6 cm³/mol. The van der Waals surface area contributed by atoms with Gasteiger partial charge in [0.25, 0.3) is 0 Å². The van der Waals surface area contributed by atoms with Crippen molar-refractivity contribution in [1.82, 2.24) is 0 Å². The van der Waals surface area contributed by atoms with E-state index in [0.29, 0.717) is 17.9 Å². The van der Waals surface area contributed by atoms with Crippen LogP contribution in [0.25, 0.3) is 0 Å². The highest BCUT2D eigenvalue weighted by atomic mass is 16.5. The molecule has 0 unspecified atom stereocenters. The number of hydrogen-bond acceptors (Lipinski definition) is 4. The van der Waals surface area contributed by atoms with E-state index >= 15 is 0 Å². The molecule has 0 amide bonds. The van der Waals surface area contributed by atoms with Crippen LogP contribution in [0.3, 0.4) is 0 Å². The van der Waals surface area contributed by atoms with Crippen LogP contribution in [0.2, 0.25) is 0 Å². The zero-order chi connectivity index (χ0) is 13.2. The van der Waals surface area contributed by atoms with Gasteiger partial charge < -0.3 is 9.47 Å². The fourth-order valence-corrected chi connectivity index (χ4v) is 1.18. The highest BCUT2D eigenvalue weighted by molar-refractivity contribution is 5.82. The van der Waals surface area contributed by atoms with E-state index in [4.69, 9.17) is 4.74 Å². The lowest BCUT2D eigenvalue weighted by molar-refractivity contribution is -0.134. The van der Waals surface area contributed by atoms with E-state index in [-0.39, 0.29) is 0 Å². The maximum Gasteiger partial charge on any atom is 0.330 e. The van der Waals surface area contributed by atoms with Crippen LogP contribution in [-0.2, 0) is 9.53 Å². The van der Waals surface area contributed by atoms with E-state index in [9.17, 15) is 9.59 Å². The van der Waals surface area contributed by atoms with Crippen LogP contribution in [0.5, 0.6) is 5.75 Å². The molecule has 1 aromatic rings. The van der Waals surface area contributed by atoms with Gasteiger partial charge in [-0.15, -0.1) is 0 Å². The van der Waals surface area contributed by atoms with Crippen LogP contribution < -0.4 is 4.74 Å². The summed E-state index contributed by atoms with van der Waals surface area (Å²) < 4.78 is 9.82. The third kappa shape index (κ3) is 4.65. The molecular formula is C14H14O4. The van der Waals surface area contributed by atoms with Gasteiger partial charge in [-0.1, -0.05) is 24.3 Å². The summed E-state index contributed by atoms with van der Waals surface area (Å²) in [7, 11) is 1.32. The van der Waals surface area contributed by atoms with Crippen molar-refractivity contribution in [3.05, 3.63) is 54.1 Å². The maximum atomic E-state index is 10.7. The number of allylic oxidation sites excluding steroid dienone is 2. The second kappa shape index (κ2) is 7.84. The molecule has 0 saturated heterocycles. The fourth-order valence-electron chi connectivity index (χ4n) is 1.18. The summed E-state index contributed by atoms with van der Waals surface area (Å²) in [6, 6.07) is 6.97. The van der Waals surface area contributed by atoms with E-state index < -0.39 is 5.97 Å². The minimum atomic E-state index is -0.410. The Morgan fingerprint density at radius 3 is 2.78 bits per heavy atom. The van der Waals surface area contributed by atoms with Gasteiger partial charge in [-0.25, -0.2) is 4.79 Å². The van der Waals surface area contributed by atoms with Gasteiger partial charge in [-0.3, -0.25) is 4.79 Å². The summed E-state index contributed by atoms with van der Waals surface area (Å²) in [6.45, 7) is 0.316. The van der Waals surface area contributed by atoms with Crippen LogP contribution in [-0.4, -0.2) is 26.0 Å². The minimum Gasteiger partial charge on any atom is -0.489 e. The molecule has 18 heavy (non-hydrogen) atoms. The Labute approximate surface area is 106 Å². The summed E-state index contributed by atoms with van der Waals surface area (Å²) in [5.41, 5.74) is 0.510. The van der Waals surface area contributed by atoms with Crippen molar-refractivity contribution in [2.24, 2.45) is 0 Å². The lowest BCUT2D eigenvalue weighted by atomic mass is 10.2. The molecular weight excluding hydrogens is 232 g/mol. The summed E-state index contributed by atoms with van der Waals surface area (Å²) in [4.78, 5) is 21.4. The van der Waals surface area contributed by atoms with Gasteiger partial charge >= 0.3 is 5.97 Å². The first kappa shape index (κ1) is 13.7. The van der Waals surface area contributed by atoms with Crippen molar-refractivity contribution in [3.8, 4) is 5.75 Å². The standard InChI is InChI=1S/C14H14O4/c1-17-14(16)9-3-2-6-10-18-13-8-5-4-7-12(13)11-15/h2-9,11H,10H2,1H3/b6-2+,9-3+. The fraction of sp³-hybridized carbons (Fsp3) is 0.143. The Morgan fingerprint density at radius 2 is 2.06 bits per heavy atom. The Balaban J connectivity index is 2.42. The van der Waals surface area contributed by atoms with Crippen LogP contribution in [0.4, 0.5) is 0 Å². The van der Waals surface area contributed by atoms with Crippen molar-refractivity contribution < 1.29 is 19.1 Å². The zero-order valence-electron chi connectivity index (χ0n) is 10.0. The number of carbonyl (C=O) groups is 2. The van der Waals surface area contributed by atoms with Gasteiger partial charge in [0, 0.05) is 6.08 Å². The molecule has 0 aliphatic heterocycles. The molecule has 94 valence electrons. The number of benzene rings is 1. The summed E-state index contributed by atoms with van der Waals surface area (Å²) in [5.74, 6) is 0.126. The number of aldehydes is 1. The third-order valence-electron chi connectivity index (χ3n) is 2.06. The topological polar surface area (TPSA) is 52.6 Å². The average molecular weight is 246 g/mol. The quantitative estimate of drug-likeness (QED) is 0.334. The largest absolute Gasteiger partial charge is 0.489 e. The Kier molecular flexibility index (Phi) is 5.97. The van der Waals surface area contributed by atoms with Crippen molar-refractivity contribution in [2.75, 3.05) is 13.7 Å². The van der Waals surface area contributed by atoms with Crippen molar-refractivity contribution in [3.63, 3.8) is 0 Å². The molecule has 0 radical (unpaired) electrons. The first-order valence-electron chi connectivity index (χ1n) is 5.36. The Bertz CT molecular complexity index is 461. The van der Waals surface area contributed by atoms with Gasteiger partial charge in [0.05, 0.1) is 12.7 Å². The Hall–Kier alpha value is -2.36. The molecule has 0 fully saturated rings. The van der Waals surface area contributed by atoms with Crippen molar-refractivity contribution in [1.29, 1.82) is 0 Å². The number of esters is 1.